The summed E-state index contributed by atoms with van der Waals surface area (Å²) in [6.07, 6.45) is 5.18. The molecule has 21 heavy (non-hydrogen) atoms. The van der Waals surface area contributed by atoms with Gasteiger partial charge in [-0.2, -0.15) is 5.10 Å². The van der Waals surface area contributed by atoms with Crippen molar-refractivity contribution in [3.05, 3.63) is 72.4 Å². The Bertz CT molecular complexity index is 701. The number of amides is 1. The Labute approximate surface area is 122 Å². The van der Waals surface area contributed by atoms with E-state index < -0.39 is 0 Å². The number of benzene rings is 1. The molecule has 3 aromatic rings. The summed E-state index contributed by atoms with van der Waals surface area (Å²) in [5, 5.41) is 4.15. The summed E-state index contributed by atoms with van der Waals surface area (Å²) in [6.45, 7) is 0.451. The monoisotopic (exact) mass is 281 g/mol. The van der Waals surface area contributed by atoms with Gasteiger partial charge in [-0.3, -0.25) is 4.79 Å². The molecule has 0 bridgehead atoms. The molecule has 2 heterocycles. The van der Waals surface area contributed by atoms with Gasteiger partial charge in [-0.25, -0.2) is 4.68 Å². The fraction of sp³-hybridized carbons (Fsp3) is 0.125. The van der Waals surface area contributed by atoms with Gasteiger partial charge in [-0.15, -0.1) is 0 Å². The van der Waals surface area contributed by atoms with Crippen LogP contribution in [0.15, 0.2) is 65.5 Å². The third-order valence-corrected chi connectivity index (χ3v) is 3.20. The van der Waals surface area contributed by atoms with Crippen LogP contribution in [0.5, 0.6) is 0 Å². The van der Waals surface area contributed by atoms with Crippen LogP contribution in [0.1, 0.15) is 16.1 Å². The Morgan fingerprint density at radius 2 is 2.05 bits per heavy atom. The van der Waals surface area contributed by atoms with Gasteiger partial charge in [0.1, 0.15) is 5.76 Å². The molecule has 0 radical (unpaired) electrons. The van der Waals surface area contributed by atoms with Crippen LogP contribution < -0.4 is 0 Å². The maximum atomic E-state index is 12.3. The van der Waals surface area contributed by atoms with Gasteiger partial charge in [0.25, 0.3) is 5.91 Å². The molecular weight excluding hydrogens is 266 g/mol. The Balaban J connectivity index is 1.72. The minimum atomic E-state index is -0.0431. The van der Waals surface area contributed by atoms with Gasteiger partial charge in [0.05, 0.1) is 18.5 Å². The van der Waals surface area contributed by atoms with E-state index in [0.717, 1.165) is 11.4 Å². The Hall–Kier alpha value is -2.82. The van der Waals surface area contributed by atoms with Crippen molar-refractivity contribution in [2.75, 3.05) is 7.05 Å². The van der Waals surface area contributed by atoms with E-state index in [9.17, 15) is 4.79 Å². The van der Waals surface area contributed by atoms with Crippen LogP contribution in [0.2, 0.25) is 0 Å². The molecule has 0 N–H and O–H groups in total. The molecule has 106 valence electrons. The second-order valence-corrected chi connectivity index (χ2v) is 4.74. The molecule has 0 saturated heterocycles. The number of hydrogen-bond donors (Lipinski definition) is 0. The highest BCUT2D eigenvalue weighted by Crippen LogP contribution is 2.12. The second kappa shape index (κ2) is 5.66. The van der Waals surface area contributed by atoms with Crippen LogP contribution in [0.3, 0.4) is 0 Å². The van der Waals surface area contributed by atoms with Crippen molar-refractivity contribution in [3.63, 3.8) is 0 Å². The SMILES string of the molecule is CN(Cc1ccco1)C(=O)c1ccc(-n2cccn2)cc1. The molecule has 0 fully saturated rings. The standard InChI is InChI=1S/C16H15N3O2/c1-18(12-15-4-2-11-21-15)16(20)13-5-7-14(8-6-13)19-10-3-9-17-19/h2-11H,12H2,1H3. The molecule has 5 nitrogen and oxygen atoms in total. The van der Waals surface area contributed by atoms with E-state index in [1.807, 2.05) is 36.5 Å². The maximum Gasteiger partial charge on any atom is 0.254 e. The van der Waals surface area contributed by atoms with Gasteiger partial charge in [-0.05, 0) is 42.5 Å². The molecule has 1 amide bonds. The van der Waals surface area contributed by atoms with Gasteiger partial charge in [-0.1, -0.05) is 0 Å². The molecular formula is C16H15N3O2. The minimum Gasteiger partial charge on any atom is -0.467 e. The number of hydrogen-bond acceptors (Lipinski definition) is 3. The lowest BCUT2D eigenvalue weighted by Crippen LogP contribution is -2.25. The zero-order valence-electron chi connectivity index (χ0n) is 11.6. The summed E-state index contributed by atoms with van der Waals surface area (Å²) in [6, 6.07) is 12.9. The molecule has 5 heteroatoms. The van der Waals surface area contributed by atoms with E-state index in [1.54, 1.807) is 41.2 Å². The van der Waals surface area contributed by atoms with Gasteiger partial charge >= 0.3 is 0 Å². The Morgan fingerprint density at radius 1 is 1.24 bits per heavy atom. The van der Waals surface area contributed by atoms with Crippen LogP contribution in [-0.2, 0) is 6.54 Å². The molecule has 0 aliphatic rings. The Kier molecular flexibility index (Phi) is 3.55. The predicted octanol–water partition coefficient (Wildman–Crippen LogP) is 2.74. The molecule has 0 spiro atoms. The van der Waals surface area contributed by atoms with Gasteiger partial charge in [0.2, 0.25) is 0 Å². The molecule has 3 rings (SSSR count). The number of rotatable bonds is 4. The molecule has 2 aromatic heterocycles. The molecule has 0 aliphatic carbocycles. The lowest BCUT2D eigenvalue weighted by molar-refractivity contribution is 0.0775. The zero-order chi connectivity index (χ0) is 14.7. The van der Waals surface area contributed by atoms with E-state index in [-0.39, 0.29) is 5.91 Å². The third kappa shape index (κ3) is 2.86. The fourth-order valence-electron chi connectivity index (χ4n) is 2.11. The lowest BCUT2D eigenvalue weighted by atomic mass is 10.2. The summed E-state index contributed by atoms with van der Waals surface area (Å²) in [5.41, 5.74) is 1.56. The van der Waals surface area contributed by atoms with Crippen LogP contribution >= 0.6 is 0 Å². The minimum absolute atomic E-state index is 0.0431. The van der Waals surface area contributed by atoms with E-state index in [1.165, 1.54) is 0 Å². The number of furan rings is 1. The van der Waals surface area contributed by atoms with Crippen molar-refractivity contribution in [2.45, 2.75) is 6.54 Å². The quantitative estimate of drug-likeness (QED) is 0.739. The van der Waals surface area contributed by atoms with Crippen LogP contribution in [0.4, 0.5) is 0 Å². The highest BCUT2D eigenvalue weighted by Gasteiger charge is 2.13. The van der Waals surface area contributed by atoms with Crippen molar-refractivity contribution in [1.82, 2.24) is 14.7 Å². The molecule has 0 saturated carbocycles. The zero-order valence-corrected chi connectivity index (χ0v) is 11.6. The van der Waals surface area contributed by atoms with E-state index in [2.05, 4.69) is 5.10 Å². The number of carbonyl (C=O) groups excluding carboxylic acids is 1. The van der Waals surface area contributed by atoms with E-state index in [0.29, 0.717) is 12.1 Å². The first kappa shape index (κ1) is 13.2. The molecule has 0 aliphatic heterocycles. The average molecular weight is 281 g/mol. The number of carbonyl (C=O) groups is 1. The topological polar surface area (TPSA) is 51.3 Å². The Morgan fingerprint density at radius 3 is 2.67 bits per heavy atom. The first-order chi connectivity index (χ1) is 10.2. The van der Waals surface area contributed by atoms with E-state index in [4.69, 9.17) is 4.42 Å². The van der Waals surface area contributed by atoms with Crippen molar-refractivity contribution in [3.8, 4) is 5.69 Å². The van der Waals surface area contributed by atoms with Crippen molar-refractivity contribution < 1.29 is 9.21 Å². The number of nitrogens with zero attached hydrogens (tertiary/aromatic N) is 3. The highest BCUT2D eigenvalue weighted by atomic mass is 16.3. The lowest BCUT2D eigenvalue weighted by Gasteiger charge is -2.16. The van der Waals surface area contributed by atoms with E-state index >= 15 is 0 Å². The normalized spacial score (nSPS) is 10.5. The molecule has 1 aromatic carbocycles. The molecule has 0 atom stereocenters. The number of aromatic nitrogens is 2. The first-order valence-corrected chi connectivity index (χ1v) is 6.62. The average Bonchev–Trinajstić information content (AvgIpc) is 3.20. The summed E-state index contributed by atoms with van der Waals surface area (Å²) < 4.78 is 7.00. The summed E-state index contributed by atoms with van der Waals surface area (Å²) in [5.74, 6) is 0.720. The van der Waals surface area contributed by atoms with Crippen molar-refractivity contribution in [1.29, 1.82) is 0 Å². The molecule has 0 unspecified atom stereocenters. The summed E-state index contributed by atoms with van der Waals surface area (Å²) in [4.78, 5) is 14.0. The van der Waals surface area contributed by atoms with Gasteiger partial charge < -0.3 is 9.32 Å². The van der Waals surface area contributed by atoms with Gasteiger partial charge in [0.15, 0.2) is 0 Å². The third-order valence-electron chi connectivity index (χ3n) is 3.20. The van der Waals surface area contributed by atoms with Crippen molar-refractivity contribution >= 4 is 5.91 Å². The smallest absolute Gasteiger partial charge is 0.254 e. The predicted molar refractivity (Wildman–Crippen MR) is 78.1 cm³/mol. The van der Waals surface area contributed by atoms with Crippen molar-refractivity contribution in [2.24, 2.45) is 0 Å². The maximum absolute atomic E-state index is 12.3. The summed E-state index contributed by atoms with van der Waals surface area (Å²) >= 11 is 0. The second-order valence-electron chi connectivity index (χ2n) is 4.74. The first-order valence-electron chi connectivity index (χ1n) is 6.62. The van der Waals surface area contributed by atoms with Crippen LogP contribution in [-0.4, -0.2) is 27.6 Å². The van der Waals surface area contributed by atoms with Crippen LogP contribution in [0, 0.1) is 0 Å². The largest absolute Gasteiger partial charge is 0.467 e. The fourth-order valence-corrected chi connectivity index (χ4v) is 2.11. The van der Waals surface area contributed by atoms with Gasteiger partial charge in [0, 0.05) is 25.0 Å². The highest BCUT2D eigenvalue weighted by molar-refractivity contribution is 5.94. The summed E-state index contributed by atoms with van der Waals surface area (Å²) in [7, 11) is 1.76. The van der Waals surface area contributed by atoms with Crippen LogP contribution in [0.25, 0.3) is 5.69 Å².